The van der Waals surface area contributed by atoms with Crippen LogP contribution >= 0.6 is 11.6 Å². The fourth-order valence-corrected chi connectivity index (χ4v) is 3.56. The number of sulfonamides is 1. The van der Waals surface area contributed by atoms with Crippen LogP contribution in [0.5, 0.6) is 0 Å². The topological polar surface area (TPSA) is 90.2 Å². The third kappa shape index (κ3) is 5.29. The summed E-state index contributed by atoms with van der Waals surface area (Å²) < 4.78 is 27.1. The van der Waals surface area contributed by atoms with E-state index in [0.717, 1.165) is 0 Å². The average molecular weight is 331 g/mol. The first-order valence-corrected chi connectivity index (χ1v) is 8.38. The standard InChI is InChI=1S/C14H19ClN2O3S/c1-14(2,6-3-7-18)10-17-21(19,20)13-8-11(9-16)4-5-12(13)15/h4-5,8,17-18H,3,6-7,10H2,1-2H3. The first-order chi connectivity index (χ1) is 9.72. The minimum absolute atomic E-state index is 0.0756. The maximum Gasteiger partial charge on any atom is 0.242 e. The van der Waals surface area contributed by atoms with Gasteiger partial charge in [0.05, 0.1) is 16.7 Å². The van der Waals surface area contributed by atoms with E-state index in [1.54, 1.807) is 0 Å². The highest BCUT2D eigenvalue weighted by atomic mass is 35.5. The summed E-state index contributed by atoms with van der Waals surface area (Å²) in [4.78, 5) is -0.0961. The Kier molecular flexibility index (Phi) is 6.17. The maximum absolute atomic E-state index is 12.3. The van der Waals surface area contributed by atoms with Gasteiger partial charge in [-0.15, -0.1) is 0 Å². The molecule has 0 atom stereocenters. The van der Waals surface area contributed by atoms with Crippen LogP contribution < -0.4 is 4.72 Å². The Morgan fingerprint density at radius 2 is 2.10 bits per heavy atom. The fraction of sp³-hybridized carbons (Fsp3) is 0.500. The van der Waals surface area contributed by atoms with E-state index < -0.39 is 10.0 Å². The molecule has 0 aliphatic rings. The molecule has 1 rings (SSSR count). The third-order valence-corrected chi connectivity index (χ3v) is 4.99. The van der Waals surface area contributed by atoms with Crippen molar-refractivity contribution in [3.63, 3.8) is 0 Å². The molecule has 0 saturated carbocycles. The number of nitriles is 1. The molecule has 21 heavy (non-hydrogen) atoms. The number of aliphatic hydroxyl groups is 1. The molecule has 5 nitrogen and oxygen atoms in total. The Labute approximate surface area is 130 Å². The number of nitrogens with one attached hydrogen (secondary N) is 1. The van der Waals surface area contributed by atoms with Crippen LogP contribution in [0.15, 0.2) is 23.1 Å². The third-order valence-electron chi connectivity index (χ3n) is 3.10. The lowest BCUT2D eigenvalue weighted by atomic mass is 9.88. The van der Waals surface area contributed by atoms with Crippen molar-refractivity contribution in [3.05, 3.63) is 28.8 Å². The van der Waals surface area contributed by atoms with Crippen LogP contribution in [0, 0.1) is 16.7 Å². The molecule has 0 unspecified atom stereocenters. The predicted molar refractivity (Wildman–Crippen MR) is 81.5 cm³/mol. The van der Waals surface area contributed by atoms with Gasteiger partial charge in [0.15, 0.2) is 0 Å². The smallest absolute Gasteiger partial charge is 0.242 e. The van der Waals surface area contributed by atoms with Gasteiger partial charge in [0.2, 0.25) is 10.0 Å². The molecule has 0 fully saturated rings. The maximum atomic E-state index is 12.3. The van der Waals surface area contributed by atoms with Crippen molar-refractivity contribution in [2.75, 3.05) is 13.2 Å². The van der Waals surface area contributed by atoms with Crippen LogP contribution in [0.25, 0.3) is 0 Å². The summed E-state index contributed by atoms with van der Waals surface area (Å²) in [7, 11) is -3.78. The second kappa shape index (κ2) is 7.23. The average Bonchev–Trinajstić information content (AvgIpc) is 2.44. The van der Waals surface area contributed by atoms with Crippen molar-refractivity contribution in [1.29, 1.82) is 5.26 Å². The Balaban J connectivity index is 2.90. The molecule has 0 spiro atoms. The van der Waals surface area contributed by atoms with E-state index in [2.05, 4.69) is 4.72 Å². The van der Waals surface area contributed by atoms with Gasteiger partial charge in [0.1, 0.15) is 4.90 Å². The molecule has 0 aromatic heterocycles. The van der Waals surface area contributed by atoms with E-state index in [9.17, 15) is 8.42 Å². The molecule has 2 N–H and O–H groups in total. The number of hydrogen-bond donors (Lipinski definition) is 2. The second-order valence-electron chi connectivity index (χ2n) is 5.57. The van der Waals surface area contributed by atoms with Gasteiger partial charge in [0.25, 0.3) is 0 Å². The number of nitrogens with zero attached hydrogens (tertiary/aromatic N) is 1. The van der Waals surface area contributed by atoms with Crippen LogP contribution in [0.3, 0.4) is 0 Å². The quantitative estimate of drug-likeness (QED) is 0.802. The van der Waals surface area contributed by atoms with Gasteiger partial charge in [0, 0.05) is 13.2 Å². The molecule has 1 aromatic rings. The van der Waals surface area contributed by atoms with Crippen LogP contribution in [0.1, 0.15) is 32.3 Å². The van der Waals surface area contributed by atoms with Crippen molar-refractivity contribution in [1.82, 2.24) is 4.72 Å². The highest BCUT2D eigenvalue weighted by Gasteiger charge is 2.24. The molecule has 0 aliphatic carbocycles. The SMILES string of the molecule is CC(C)(CCCO)CNS(=O)(=O)c1cc(C#N)ccc1Cl. The van der Waals surface area contributed by atoms with Crippen LogP contribution in [-0.2, 0) is 10.0 Å². The molecule has 0 radical (unpaired) electrons. The Morgan fingerprint density at radius 3 is 2.67 bits per heavy atom. The normalized spacial score (nSPS) is 12.1. The van der Waals surface area contributed by atoms with Crippen molar-refractivity contribution < 1.29 is 13.5 Å². The predicted octanol–water partition coefficient (Wildman–Crippen LogP) is 2.29. The minimum Gasteiger partial charge on any atom is -0.396 e. The Bertz CT molecular complexity index is 636. The molecule has 0 aliphatic heterocycles. The van der Waals surface area contributed by atoms with Crippen molar-refractivity contribution in [2.45, 2.75) is 31.6 Å². The van der Waals surface area contributed by atoms with E-state index in [4.69, 9.17) is 22.0 Å². The highest BCUT2D eigenvalue weighted by molar-refractivity contribution is 7.89. The van der Waals surface area contributed by atoms with Gasteiger partial charge in [-0.25, -0.2) is 13.1 Å². The van der Waals surface area contributed by atoms with E-state index in [-0.39, 0.29) is 34.0 Å². The monoisotopic (exact) mass is 330 g/mol. The lowest BCUT2D eigenvalue weighted by molar-refractivity contribution is 0.242. The summed E-state index contributed by atoms with van der Waals surface area (Å²) >= 11 is 5.91. The first-order valence-electron chi connectivity index (χ1n) is 6.52. The van der Waals surface area contributed by atoms with Crippen molar-refractivity contribution in [2.24, 2.45) is 5.41 Å². The summed E-state index contributed by atoms with van der Waals surface area (Å²) in [6.07, 6.45) is 1.30. The molecule has 116 valence electrons. The lowest BCUT2D eigenvalue weighted by Crippen LogP contribution is -2.34. The zero-order chi connectivity index (χ0) is 16.1. The second-order valence-corrected chi connectivity index (χ2v) is 7.72. The zero-order valence-corrected chi connectivity index (χ0v) is 13.6. The highest BCUT2D eigenvalue weighted by Crippen LogP contribution is 2.25. The van der Waals surface area contributed by atoms with Crippen LogP contribution in [-0.4, -0.2) is 26.7 Å². The van der Waals surface area contributed by atoms with Gasteiger partial charge < -0.3 is 5.11 Å². The van der Waals surface area contributed by atoms with E-state index >= 15 is 0 Å². The molecule has 0 bridgehead atoms. The Hall–Kier alpha value is -1.13. The number of benzene rings is 1. The molecule has 0 amide bonds. The van der Waals surface area contributed by atoms with Gasteiger partial charge in [-0.05, 0) is 36.5 Å². The molecular weight excluding hydrogens is 312 g/mol. The summed E-state index contributed by atoms with van der Waals surface area (Å²) in [5.41, 5.74) is -0.0471. The van der Waals surface area contributed by atoms with Gasteiger partial charge in [-0.3, -0.25) is 0 Å². The molecule has 1 aromatic carbocycles. The summed E-state index contributed by atoms with van der Waals surface area (Å²) in [5.74, 6) is 0. The minimum atomic E-state index is -3.78. The van der Waals surface area contributed by atoms with E-state index in [1.165, 1.54) is 18.2 Å². The van der Waals surface area contributed by atoms with Crippen molar-refractivity contribution >= 4 is 21.6 Å². The number of rotatable bonds is 7. The summed E-state index contributed by atoms with van der Waals surface area (Å²) in [6.45, 7) is 4.13. The number of aliphatic hydroxyl groups excluding tert-OH is 1. The molecule has 0 saturated heterocycles. The first kappa shape index (κ1) is 17.9. The largest absolute Gasteiger partial charge is 0.396 e. The summed E-state index contributed by atoms with van der Waals surface area (Å²) in [6, 6.07) is 6.00. The Morgan fingerprint density at radius 1 is 1.43 bits per heavy atom. The molecular formula is C14H19ClN2O3S. The fourth-order valence-electron chi connectivity index (χ4n) is 1.79. The summed E-state index contributed by atoms with van der Waals surface area (Å²) in [5, 5.41) is 17.8. The lowest BCUT2D eigenvalue weighted by Gasteiger charge is -2.24. The van der Waals surface area contributed by atoms with Crippen LogP contribution in [0.4, 0.5) is 0 Å². The number of hydrogen-bond acceptors (Lipinski definition) is 4. The van der Waals surface area contributed by atoms with Gasteiger partial charge in [-0.1, -0.05) is 25.4 Å². The van der Waals surface area contributed by atoms with E-state index in [1.807, 2.05) is 19.9 Å². The molecule has 7 heteroatoms. The molecule has 0 heterocycles. The van der Waals surface area contributed by atoms with Gasteiger partial charge in [-0.2, -0.15) is 5.26 Å². The van der Waals surface area contributed by atoms with Gasteiger partial charge >= 0.3 is 0 Å². The van der Waals surface area contributed by atoms with Crippen molar-refractivity contribution in [3.8, 4) is 6.07 Å². The number of halogens is 1. The zero-order valence-electron chi connectivity index (χ0n) is 12.1. The van der Waals surface area contributed by atoms with E-state index in [0.29, 0.717) is 12.8 Å². The van der Waals surface area contributed by atoms with Crippen LogP contribution in [0.2, 0.25) is 5.02 Å².